The first-order valence-corrected chi connectivity index (χ1v) is 8.06. The average Bonchev–Trinajstić information content (AvgIpc) is 2.44. The van der Waals surface area contributed by atoms with E-state index in [0.717, 1.165) is 0 Å². The van der Waals surface area contributed by atoms with Crippen LogP contribution in [-0.2, 0) is 19.4 Å². The fourth-order valence-electron chi connectivity index (χ4n) is 1.38. The predicted molar refractivity (Wildman–Crippen MR) is 80.3 cm³/mol. The number of urea groups is 1. The van der Waals surface area contributed by atoms with E-state index in [1.54, 1.807) is 6.92 Å². The molecular weight excluding hydrogens is 334 g/mol. The maximum absolute atomic E-state index is 12.2. The lowest BCUT2D eigenvalue weighted by atomic mass is 10.4. The number of ether oxygens (including phenoxy) is 1. The largest absolute Gasteiger partial charge is 0.461 e. The highest BCUT2D eigenvalue weighted by Crippen LogP contribution is 2.15. The van der Waals surface area contributed by atoms with Crippen LogP contribution in [-0.4, -0.2) is 38.5 Å². The van der Waals surface area contributed by atoms with E-state index < -0.39 is 33.3 Å². The summed E-state index contributed by atoms with van der Waals surface area (Å²) in [5.74, 6) is -1.72. The number of nitrogens with one attached hydrogen (secondary N) is 1. The summed E-state index contributed by atoms with van der Waals surface area (Å²) in [4.78, 5) is 22.3. The van der Waals surface area contributed by atoms with E-state index in [-0.39, 0.29) is 11.5 Å². The number of hydrazone groups is 1. The van der Waals surface area contributed by atoms with Crippen molar-refractivity contribution in [2.24, 2.45) is 10.8 Å². The average molecular weight is 348 g/mol. The molecule has 0 saturated carbocycles. The van der Waals surface area contributed by atoms with Gasteiger partial charge in [0.2, 0.25) is 0 Å². The molecule has 2 amide bonds. The highest BCUT2D eigenvalue weighted by atomic mass is 35.5. The molecule has 1 aromatic carbocycles. The first-order valence-electron chi connectivity index (χ1n) is 6.03. The second-order valence-corrected chi connectivity index (χ2v) is 6.39. The fraction of sp³-hybridized carbons (Fsp3) is 0.250. The highest BCUT2D eigenvalue weighted by Gasteiger charge is 2.24. The summed E-state index contributed by atoms with van der Waals surface area (Å²) in [5.41, 5.74) is 6.15. The number of carbonyl (C=O) groups is 2. The van der Waals surface area contributed by atoms with Crippen LogP contribution in [0.4, 0.5) is 4.79 Å². The SMILES string of the molecule is CCOC(=O)C(CS(=O)(=O)c1ccc(Cl)cc1)=NNC(N)=O. The Labute approximate surface area is 132 Å². The normalized spacial score (nSPS) is 11.8. The van der Waals surface area contributed by atoms with Crippen LogP contribution in [0.15, 0.2) is 34.3 Å². The molecular formula is C12H14ClN3O5S. The summed E-state index contributed by atoms with van der Waals surface area (Å²) in [6.07, 6.45) is 0. The van der Waals surface area contributed by atoms with Crippen molar-refractivity contribution in [1.82, 2.24) is 5.43 Å². The number of esters is 1. The molecule has 0 atom stereocenters. The van der Waals surface area contributed by atoms with E-state index >= 15 is 0 Å². The van der Waals surface area contributed by atoms with Gasteiger partial charge < -0.3 is 10.5 Å². The van der Waals surface area contributed by atoms with E-state index in [2.05, 4.69) is 9.84 Å². The summed E-state index contributed by atoms with van der Waals surface area (Å²) >= 11 is 5.69. The van der Waals surface area contributed by atoms with Crippen molar-refractivity contribution < 1.29 is 22.7 Å². The monoisotopic (exact) mass is 347 g/mol. The zero-order chi connectivity index (χ0) is 16.8. The summed E-state index contributed by atoms with van der Waals surface area (Å²) in [7, 11) is -3.87. The van der Waals surface area contributed by atoms with E-state index in [0.29, 0.717) is 5.02 Å². The smallest absolute Gasteiger partial charge is 0.355 e. The quantitative estimate of drug-likeness (QED) is 0.444. The van der Waals surface area contributed by atoms with Crippen molar-refractivity contribution in [1.29, 1.82) is 0 Å². The first kappa shape index (κ1) is 17.9. The van der Waals surface area contributed by atoms with Gasteiger partial charge in [0.1, 0.15) is 5.75 Å². The Bertz CT molecular complexity index is 685. The second-order valence-electron chi connectivity index (χ2n) is 3.97. The summed E-state index contributed by atoms with van der Waals surface area (Å²) in [5, 5.41) is 3.75. The molecule has 0 fully saturated rings. The number of nitrogens with two attached hydrogens (primary N) is 1. The number of primary amides is 1. The molecule has 10 heteroatoms. The van der Waals surface area contributed by atoms with Gasteiger partial charge >= 0.3 is 12.0 Å². The van der Waals surface area contributed by atoms with Gasteiger partial charge in [-0.15, -0.1) is 0 Å². The molecule has 8 nitrogen and oxygen atoms in total. The molecule has 0 aliphatic carbocycles. The Morgan fingerprint density at radius 1 is 1.32 bits per heavy atom. The number of hydrogen-bond donors (Lipinski definition) is 2. The lowest BCUT2D eigenvalue weighted by Gasteiger charge is -2.07. The molecule has 0 radical (unpaired) electrons. The van der Waals surface area contributed by atoms with Gasteiger partial charge in [-0.1, -0.05) is 11.6 Å². The minimum Gasteiger partial charge on any atom is -0.461 e. The van der Waals surface area contributed by atoms with Crippen LogP contribution in [0.5, 0.6) is 0 Å². The van der Waals surface area contributed by atoms with Crippen molar-refractivity contribution in [3.05, 3.63) is 29.3 Å². The number of hydrogen-bond acceptors (Lipinski definition) is 6. The first-order chi connectivity index (χ1) is 10.3. The van der Waals surface area contributed by atoms with Crippen molar-refractivity contribution in [3.8, 4) is 0 Å². The van der Waals surface area contributed by atoms with E-state index in [9.17, 15) is 18.0 Å². The van der Waals surface area contributed by atoms with Gasteiger partial charge in [0.25, 0.3) is 0 Å². The van der Waals surface area contributed by atoms with Gasteiger partial charge in [0.05, 0.1) is 11.5 Å². The van der Waals surface area contributed by atoms with Crippen molar-refractivity contribution in [2.75, 3.05) is 12.4 Å². The van der Waals surface area contributed by atoms with Gasteiger partial charge in [-0.3, -0.25) is 0 Å². The second kappa shape index (κ2) is 7.76. The Hall–Kier alpha value is -2.13. The Kier molecular flexibility index (Phi) is 6.32. The highest BCUT2D eigenvalue weighted by molar-refractivity contribution is 7.92. The third-order valence-electron chi connectivity index (χ3n) is 2.31. The molecule has 0 aromatic heterocycles. The lowest BCUT2D eigenvalue weighted by Crippen LogP contribution is -2.32. The molecule has 3 N–H and O–H groups in total. The molecule has 1 aromatic rings. The van der Waals surface area contributed by atoms with E-state index in [1.165, 1.54) is 24.3 Å². The molecule has 0 unspecified atom stereocenters. The van der Waals surface area contributed by atoms with Crippen LogP contribution >= 0.6 is 11.6 Å². The number of halogens is 1. The maximum atomic E-state index is 12.2. The molecule has 0 aliphatic heterocycles. The number of carbonyl (C=O) groups excluding carboxylic acids is 2. The van der Waals surface area contributed by atoms with Crippen molar-refractivity contribution in [2.45, 2.75) is 11.8 Å². The van der Waals surface area contributed by atoms with E-state index in [4.69, 9.17) is 17.3 Å². The van der Waals surface area contributed by atoms with Crippen LogP contribution < -0.4 is 11.2 Å². The summed E-state index contributed by atoms with van der Waals surface area (Å²) in [6, 6.07) is 4.35. The fourth-order valence-corrected chi connectivity index (χ4v) is 2.76. The predicted octanol–water partition coefficient (Wildman–Crippen LogP) is 0.701. The van der Waals surface area contributed by atoms with Crippen LogP contribution in [0.3, 0.4) is 0 Å². The van der Waals surface area contributed by atoms with Crippen LogP contribution in [0.2, 0.25) is 5.02 Å². The van der Waals surface area contributed by atoms with Crippen LogP contribution in [0, 0.1) is 0 Å². The molecule has 1 rings (SSSR count). The maximum Gasteiger partial charge on any atom is 0.355 e. The van der Waals surface area contributed by atoms with Gasteiger partial charge in [0, 0.05) is 5.02 Å². The topological polar surface area (TPSA) is 128 Å². The van der Waals surface area contributed by atoms with Gasteiger partial charge in [-0.2, -0.15) is 5.10 Å². The standard InChI is InChI=1S/C12H14ClN3O5S/c1-2-21-11(17)10(15-16-12(14)18)7-22(19,20)9-5-3-8(13)4-6-9/h3-6H,2,7H2,1H3,(H3,14,16,18). The van der Waals surface area contributed by atoms with E-state index in [1.807, 2.05) is 5.43 Å². The van der Waals surface area contributed by atoms with Gasteiger partial charge in [0.15, 0.2) is 15.5 Å². The number of amides is 2. The third-order valence-corrected chi connectivity index (χ3v) is 4.21. The Morgan fingerprint density at radius 2 is 1.91 bits per heavy atom. The molecule has 0 bridgehead atoms. The van der Waals surface area contributed by atoms with Gasteiger partial charge in [-0.25, -0.2) is 23.4 Å². The molecule has 22 heavy (non-hydrogen) atoms. The molecule has 0 spiro atoms. The van der Waals surface area contributed by atoms with Crippen LogP contribution in [0.1, 0.15) is 6.92 Å². The van der Waals surface area contributed by atoms with Crippen molar-refractivity contribution >= 4 is 39.2 Å². The molecule has 120 valence electrons. The minimum atomic E-state index is -3.87. The number of rotatable bonds is 6. The Morgan fingerprint density at radius 3 is 2.41 bits per heavy atom. The zero-order valence-corrected chi connectivity index (χ0v) is 13.1. The summed E-state index contributed by atoms with van der Waals surface area (Å²) in [6.45, 7) is 1.57. The zero-order valence-electron chi connectivity index (χ0n) is 11.6. The number of nitrogens with zero attached hydrogens (tertiary/aromatic N) is 1. The Balaban J connectivity index is 3.06. The molecule has 0 heterocycles. The third kappa shape index (κ3) is 5.34. The van der Waals surface area contributed by atoms with Crippen molar-refractivity contribution in [3.63, 3.8) is 0 Å². The number of sulfone groups is 1. The molecule has 0 aliphatic rings. The lowest BCUT2D eigenvalue weighted by molar-refractivity contribution is -0.135. The summed E-state index contributed by atoms with van der Waals surface area (Å²) < 4.78 is 29.2. The van der Waals surface area contributed by atoms with Gasteiger partial charge in [-0.05, 0) is 31.2 Å². The number of benzene rings is 1. The van der Waals surface area contributed by atoms with Crippen LogP contribution in [0.25, 0.3) is 0 Å². The molecule has 0 saturated heterocycles. The minimum absolute atomic E-state index is 0.0232.